The van der Waals surface area contributed by atoms with Crippen molar-refractivity contribution in [2.45, 2.75) is 12.5 Å². The Morgan fingerprint density at radius 2 is 1.90 bits per heavy atom. The van der Waals surface area contributed by atoms with E-state index in [1.54, 1.807) is 12.3 Å². The fourth-order valence-electron chi connectivity index (χ4n) is 2.46. The van der Waals surface area contributed by atoms with Crippen LogP contribution in [0.25, 0.3) is 10.8 Å². The monoisotopic (exact) mass is 266 g/mol. The molecular formula is C17H15FN2. The highest BCUT2D eigenvalue weighted by molar-refractivity contribution is 5.85. The third-order valence-electron chi connectivity index (χ3n) is 3.44. The third-order valence-corrected chi connectivity index (χ3v) is 3.44. The Hall–Kier alpha value is -2.26. The van der Waals surface area contributed by atoms with Gasteiger partial charge in [-0.15, -0.1) is 0 Å². The van der Waals surface area contributed by atoms with Crippen molar-refractivity contribution in [2.24, 2.45) is 5.73 Å². The van der Waals surface area contributed by atoms with Gasteiger partial charge in [-0.3, -0.25) is 4.98 Å². The van der Waals surface area contributed by atoms with E-state index in [0.29, 0.717) is 6.42 Å². The molecule has 0 radical (unpaired) electrons. The normalized spacial score (nSPS) is 12.5. The summed E-state index contributed by atoms with van der Waals surface area (Å²) in [7, 11) is 0. The molecule has 0 saturated heterocycles. The van der Waals surface area contributed by atoms with Crippen LogP contribution < -0.4 is 5.73 Å². The lowest BCUT2D eigenvalue weighted by atomic mass is 9.97. The summed E-state index contributed by atoms with van der Waals surface area (Å²) >= 11 is 0. The summed E-state index contributed by atoms with van der Waals surface area (Å²) in [6, 6.07) is 14.4. The predicted octanol–water partition coefficient (Wildman–Crippen LogP) is 3.62. The second kappa shape index (κ2) is 5.39. The van der Waals surface area contributed by atoms with Crippen LogP contribution in [0.1, 0.15) is 17.2 Å². The maximum Gasteiger partial charge on any atom is 0.123 e. The summed E-state index contributed by atoms with van der Waals surface area (Å²) < 4.78 is 13.2. The molecule has 2 aromatic carbocycles. The highest BCUT2D eigenvalue weighted by Crippen LogP contribution is 2.24. The molecule has 20 heavy (non-hydrogen) atoms. The summed E-state index contributed by atoms with van der Waals surface area (Å²) in [6.45, 7) is 0. The van der Waals surface area contributed by atoms with Gasteiger partial charge >= 0.3 is 0 Å². The van der Waals surface area contributed by atoms with Gasteiger partial charge in [0, 0.05) is 23.8 Å². The molecule has 1 aromatic heterocycles. The number of rotatable bonds is 3. The molecule has 0 aliphatic heterocycles. The number of benzene rings is 2. The first-order valence-corrected chi connectivity index (χ1v) is 6.57. The number of hydrogen-bond acceptors (Lipinski definition) is 2. The second-order valence-corrected chi connectivity index (χ2v) is 4.89. The molecule has 2 N–H and O–H groups in total. The van der Waals surface area contributed by atoms with Gasteiger partial charge in [-0.25, -0.2) is 4.39 Å². The summed E-state index contributed by atoms with van der Waals surface area (Å²) in [6.07, 6.45) is 4.22. The molecule has 3 heteroatoms. The molecule has 0 saturated carbocycles. The maximum atomic E-state index is 13.2. The van der Waals surface area contributed by atoms with E-state index in [9.17, 15) is 4.39 Å². The van der Waals surface area contributed by atoms with E-state index in [0.717, 1.165) is 21.9 Å². The first-order valence-electron chi connectivity index (χ1n) is 6.57. The quantitative estimate of drug-likeness (QED) is 0.786. The predicted molar refractivity (Wildman–Crippen MR) is 78.8 cm³/mol. The van der Waals surface area contributed by atoms with Crippen LogP contribution in [0.2, 0.25) is 0 Å². The zero-order chi connectivity index (χ0) is 13.9. The van der Waals surface area contributed by atoms with E-state index in [2.05, 4.69) is 4.98 Å². The van der Waals surface area contributed by atoms with E-state index in [1.165, 1.54) is 12.1 Å². The van der Waals surface area contributed by atoms with Gasteiger partial charge in [0.05, 0.1) is 0 Å². The van der Waals surface area contributed by atoms with Crippen molar-refractivity contribution in [1.29, 1.82) is 0 Å². The van der Waals surface area contributed by atoms with Gasteiger partial charge < -0.3 is 5.73 Å². The number of nitrogens with zero attached hydrogens (tertiary/aromatic N) is 1. The van der Waals surface area contributed by atoms with Crippen LogP contribution in [-0.2, 0) is 6.42 Å². The Labute approximate surface area is 117 Å². The minimum absolute atomic E-state index is 0.199. The average Bonchev–Trinajstić information content (AvgIpc) is 2.46. The van der Waals surface area contributed by atoms with Crippen LogP contribution in [0.3, 0.4) is 0 Å². The first-order chi connectivity index (χ1) is 9.74. The van der Waals surface area contributed by atoms with Crippen molar-refractivity contribution >= 4 is 10.8 Å². The molecule has 0 aliphatic carbocycles. The van der Waals surface area contributed by atoms with E-state index in [1.807, 2.05) is 36.5 Å². The molecule has 2 nitrogen and oxygen atoms in total. The number of fused-ring (bicyclic) bond motifs is 1. The fourth-order valence-corrected chi connectivity index (χ4v) is 2.46. The fraction of sp³-hybridized carbons (Fsp3) is 0.118. The molecule has 3 aromatic rings. The Morgan fingerprint density at radius 3 is 2.75 bits per heavy atom. The van der Waals surface area contributed by atoms with Crippen molar-refractivity contribution in [3.63, 3.8) is 0 Å². The van der Waals surface area contributed by atoms with E-state index < -0.39 is 0 Å². The third kappa shape index (κ3) is 2.53. The standard InChI is InChI=1S/C17H15FN2/c18-14-6-3-4-12(8-14)9-17(19)16-11-20-10-13-5-1-2-7-15(13)16/h1-8,10-11,17H,9,19H2. The molecule has 0 bridgehead atoms. The summed E-state index contributed by atoms with van der Waals surface area (Å²) in [4.78, 5) is 4.24. The lowest BCUT2D eigenvalue weighted by Crippen LogP contribution is -2.14. The molecule has 0 spiro atoms. The number of pyridine rings is 1. The molecule has 1 atom stereocenters. The van der Waals surface area contributed by atoms with Crippen LogP contribution in [-0.4, -0.2) is 4.98 Å². The Kier molecular flexibility index (Phi) is 3.44. The van der Waals surface area contributed by atoms with Crippen molar-refractivity contribution in [1.82, 2.24) is 4.98 Å². The van der Waals surface area contributed by atoms with Gasteiger partial charge in [0.1, 0.15) is 5.82 Å². The van der Waals surface area contributed by atoms with Gasteiger partial charge in [-0.2, -0.15) is 0 Å². The summed E-state index contributed by atoms with van der Waals surface area (Å²) in [5, 5.41) is 2.17. The number of halogens is 1. The molecular weight excluding hydrogens is 251 g/mol. The van der Waals surface area contributed by atoms with Gasteiger partial charge in [0.15, 0.2) is 0 Å². The summed E-state index contributed by atoms with van der Waals surface area (Å²) in [5.74, 6) is -0.231. The topological polar surface area (TPSA) is 38.9 Å². The van der Waals surface area contributed by atoms with Crippen LogP contribution in [0.15, 0.2) is 60.9 Å². The minimum Gasteiger partial charge on any atom is -0.324 e. The highest BCUT2D eigenvalue weighted by atomic mass is 19.1. The van der Waals surface area contributed by atoms with E-state index in [4.69, 9.17) is 5.73 Å². The Bertz CT molecular complexity index is 734. The molecule has 0 amide bonds. The van der Waals surface area contributed by atoms with Crippen LogP contribution >= 0.6 is 0 Å². The molecule has 1 heterocycles. The van der Waals surface area contributed by atoms with Gasteiger partial charge in [-0.1, -0.05) is 36.4 Å². The number of nitrogens with two attached hydrogens (primary N) is 1. The molecule has 1 unspecified atom stereocenters. The molecule has 100 valence electrons. The zero-order valence-electron chi connectivity index (χ0n) is 11.0. The van der Waals surface area contributed by atoms with Crippen LogP contribution in [0.5, 0.6) is 0 Å². The van der Waals surface area contributed by atoms with Crippen molar-refractivity contribution < 1.29 is 4.39 Å². The molecule has 0 fully saturated rings. The number of aromatic nitrogens is 1. The van der Waals surface area contributed by atoms with Crippen molar-refractivity contribution in [3.8, 4) is 0 Å². The molecule has 3 rings (SSSR count). The van der Waals surface area contributed by atoms with E-state index >= 15 is 0 Å². The lowest BCUT2D eigenvalue weighted by molar-refractivity contribution is 0.622. The summed E-state index contributed by atoms with van der Waals surface area (Å²) in [5.41, 5.74) is 8.17. The van der Waals surface area contributed by atoms with Gasteiger partial charge in [0.25, 0.3) is 0 Å². The van der Waals surface area contributed by atoms with Crippen molar-refractivity contribution in [2.75, 3.05) is 0 Å². The minimum atomic E-state index is -0.231. The van der Waals surface area contributed by atoms with Crippen LogP contribution in [0.4, 0.5) is 4.39 Å². The largest absolute Gasteiger partial charge is 0.324 e. The Morgan fingerprint density at radius 1 is 1.05 bits per heavy atom. The Balaban J connectivity index is 1.94. The van der Waals surface area contributed by atoms with Gasteiger partial charge in [-0.05, 0) is 35.1 Å². The zero-order valence-corrected chi connectivity index (χ0v) is 11.0. The smallest absolute Gasteiger partial charge is 0.123 e. The lowest BCUT2D eigenvalue weighted by Gasteiger charge is -2.14. The van der Waals surface area contributed by atoms with Crippen molar-refractivity contribution in [3.05, 3.63) is 77.9 Å². The van der Waals surface area contributed by atoms with E-state index in [-0.39, 0.29) is 11.9 Å². The SMILES string of the molecule is NC(Cc1cccc(F)c1)c1cncc2ccccc12. The highest BCUT2D eigenvalue weighted by Gasteiger charge is 2.11. The van der Waals surface area contributed by atoms with Gasteiger partial charge in [0.2, 0.25) is 0 Å². The van der Waals surface area contributed by atoms with Crippen LogP contribution in [0, 0.1) is 5.82 Å². The first kappa shape index (κ1) is 12.8. The average molecular weight is 266 g/mol. The second-order valence-electron chi connectivity index (χ2n) is 4.89. The number of hydrogen-bond donors (Lipinski definition) is 1. The maximum absolute atomic E-state index is 13.2. The molecule has 0 aliphatic rings.